The fraction of sp³-hybridized carbons (Fsp3) is 0.350. The van der Waals surface area contributed by atoms with E-state index in [1.807, 2.05) is 0 Å². The Morgan fingerprint density at radius 1 is 1.14 bits per heavy atom. The van der Waals surface area contributed by atoms with Crippen LogP contribution in [0.25, 0.3) is 11.0 Å². The molecular weight excluding hydrogens is 385 g/mol. The maximum Gasteiger partial charge on any atom is 0.449 e. The van der Waals surface area contributed by atoms with Gasteiger partial charge in [0.2, 0.25) is 5.82 Å². The van der Waals surface area contributed by atoms with Crippen molar-refractivity contribution >= 4 is 16.9 Å². The normalized spacial score (nSPS) is 15.8. The number of nitrogens with one attached hydrogen (secondary N) is 1. The van der Waals surface area contributed by atoms with Gasteiger partial charge in [-0.3, -0.25) is 9.59 Å². The molecule has 4 rings (SSSR count). The largest absolute Gasteiger partial charge is 0.449 e. The number of carbonyl (C=O) groups is 1. The minimum Gasteiger partial charge on any atom is -0.338 e. The molecule has 0 radical (unpaired) electrons. The predicted molar refractivity (Wildman–Crippen MR) is 100 cm³/mol. The molecule has 1 aromatic carbocycles. The number of benzene rings is 1. The molecule has 3 aromatic rings. The standard InChI is InChI=1S/C20H19F3N4O2/c21-20(22,23)19-25-15-5-1-2-6-16(15)27(19)12-13-7-10-26(11-8-13)18(29)14-4-3-9-24-17(14)28/h1-6,9,13H,7-8,10-12H2,(H,24,28). The Balaban J connectivity index is 1.50. The SMILES string of the molecule is O=C(c1ccc[nH]c1=O)N1CCC(Cn2c(C(F)(F)F)nc3ccccc32)CC1. The summed E-state index contributed by atoms with van der Waals surface area (Å²) >= 11 is 0. The number of imidazole rings is 1. The summed E-state index contributed by atoms with van der Waals surface area (Å²) in [6, 6.07) is 9.62. The summed E-state index contributed by atoms with van der Waals surface area (Å²) in [5.74, 6) is -1.27. The Morgan fingerprint density at radius 3 is 2.55 bits per heavy atom. The van der Waals surface area contributed by atoms with Gasteiger partial charge < -0.3 is 14.5 Å². The molecule has 1 fully saturated rings. The van der Waals surface area contributed by atoms with Crippen LogP contribution in [0, 0.1) is 5.92 Å². The highest BCUT2D eigenvalue weighted by Gasteiger charge is 2.38. The number of aromatic amines is 1. The lowest BCUT2D eigenvalue weighted by molar-refractivity contribution is -0.147. The average Bonchev–Trinajstić information content (AvgIpc) is 3.08. The molecule has 6 nitrogen and oxygen atoms in total. The second-order valence-electron chi connectivity index (χ2n) is 7.18. The molecule has 0 spiro atoms. The Kier molecular flexibility index (Phi) is 4.89. The number of pyridine rings is 1. The van der Waals surface area contributed by atoms with Crippen molar-refractivity contribution in [1.82, 2.24) is 19.4 Å². The van der Waals surface area contributed by atoms with E-state index in [1.165, 1.54) is 16.8 Å². The molecule has 1 amide bonds. The molecule has 1 aliphatic rings. The molecule has 0 bridgehead atoms. The van der Waals surface area contributed by atoms with Crippen molar-refractivity contribution in [2.45, 2.75) is 25.6 Å². The average molecular weight is 404 g/mol. The molecule has 0 aliphatic carbocycles. The first-order valence-corrected chi connectivity index (χ1v) is 9.34. The number of H-pyrrole nitrogens is 1. The number of nitrogens with zero attached hydrogens (tertiary/aromatic N) is 3. The lowest BCUT2D eigenvalue weighted by atomic mass is 9.96. The van der Waals surface area contributed by atoms with Gasteiger partial charge in [0.05, 0.1) is 11.0 Å². The summed E-state index contributed by atoms with van der Waals surface area (Å²) in [5.41, 5.74) is 0.398. The van der Waals surface area contributed by atoms with Crippen molar-refractivity contribution in [3.63, 3.8) is 0 Å². The van der Waals surface area contributed by atoms with Crippen LogP contribution in [0.3, 0.4) is 0 Å². The van der Waals surface area contributed by atoms with Crippen molar-refractivity contribution < 1.29 is 18.0 Å². The third kappa shape index (κ3) is 3.76. The number of likely N-dealkylation sites (tertiary alicyclic amines) is 1. The molecule has 2 aromatic heterocycles. The summed E-state index contributed by atoms with van der Waals surface area (Å²) in [7, 11) is 0. The fourth-order valence-electron chi connectivity index (χ4n) is 3.81. The monoisotopic (exact) mass is 404 g/mol. The third-order valence-corrected chi connectivity index (χ3v) is 5.30. The number of piperidine rings is 1. The maximum atomic E-state index is 13.5. The summed E-state index contributed by atoms with van der Waals surface area (Å²) in [6.45, 7) is 0.973. The van der Waals surface area contributed by atoms with Crippen molar-refractivity contribution in [2.24, 2.45) is 5.92 Å². The number of amides is 1. The first kappa shape index (κ1) is 19.2. The Labute approximate surface area is 164 Å². The number of carbonyl (C=O) groups excluding carboxylic acids is 1. The van der Waals surface area contributed by atoms with Gasteiger partial charge in [0.1, 0.15) is 5.56 Å². The van der Waals surface area contributed by atoms with Gasteiger partial charge in [-0.05, 0) is 43.0 Å². The molecule has 0 unspecified atom stereocenters. The summed E-state index contributed by atoms with van der Waals surface area (Å²) in [4.78, 5) is 32.2. The summed E-state index contributed by atoms with van der Waals surface area (Å²) in [6.07, 6.45) is -1.97. The Morgan fingerprint density at radius 2 is 1.86 bits per heavy atom. The van der Waals surface area contributed by atoms with Gasteiger partial charge in [0.15, 0.2) is 0 Å². The summed E-state index contributed by atoms with van der Waals surface area (Å²) < 4.78 is 41.6. The van der Waals surface area contributed by atoms with E-state index >= 15 is 0 Å². The zero-order valence-electron chi connectivity index (χ0n) is 15.4. The van der Waals surface area contributed by atoms with E-state index in [9.17, 15) is 22.8 Å². The molecular formula is C20H19F3N4O2. The van der Waals surface area contributed by atoms with Crippen molar-refractivity contribution in [3.8, 4) is 0 Å². The van der Waals surface area contributed by atoms with E-state index in [2.05, 4.69) is 9.97 Å². The molecule has 29 heavy (non-hydrogen) atoms. The molecule has 9 heteroatoms. The second kappa shape index (κ2) is 7.38. The number of rotatable bonds is 3. The van der Waals surface area contributed by atoms with Gasteiger partial charge in [0.25, 0.3) is 11.5 Å². The van der Waals surface area contributed by atoms with E-state index in [1.54, 1.807) is 35.2 Å². The van der Waals surface area contributed by atoms with Gasteiger partial charge in [0, 0.05) is 25.8 Å². The van der Waals surface area contributed by atoms with Crippen LogP contribution in [0.1, 0.15) is 29.0 Å². The number of alkyl halides is 3. The topological polar surface area (TPSA) is 71.0 Å². The summed E-state index contributed by atoms with van der Waals surface area (Å²) in [5, 5.41) is 0. The van der Waals surface area contributed by atoms with Gasteiger partial charge >= 0.3 is 6.18 Å². The molecule has 3 heterocycles. The predicted octanol–water partition coefficient (Wildman–Crippen LogP) is 3.30. The third-order valence-electron chi connectivity index (χ3n) is 5.30. The second-order valence-corrected chi connectivity index (χ2v) is 7.18. The molecule has 152 valence electrons. The van der Waals surface area contributed by atoms with Crippen LogP contribution >= 0.6 is 0 Å². The Bertz CT molecular complexity index is 1090. The molecule has 1 N–H and O–H groups in total. The quantitative estimate of drug-likeness (QED) is 0.728. The first-order valence-electron chi connectivity index (χ1n) is 9.34. The van der Waals surface area contributed by atoms with Crippen LogP contribution in [-0.4, -0.2) is 38.4 Å². The zero-order chi connectivity index (χ0) is 20.6. The number of para-hydroxylation sites is 2. The van der Waals surface area contributed by atoms with Crippen LogP contribution in [0.2, 0.25) is 0 Å². The van der Waals surface area contributed by atoms with Crippen molar-refractivity contribution in [3.05, 3.63) is 64.3 Å². The molecule has 0 saturated carbocycles. The van der Waals surface area contributed by atoms with E-state index in [0.29, 0.717) is 37.0 Å². The highest BCUT2D eigenvalue weighted by atomic mass is 19.4. The minimum atomic E-state index is -4.54. The van der Waals surface area contributed by atoms with Crippen LogP contribution < -0.4 is 5.56 Å². The lowest BCUT2D eigenvalue weighted by Crippen LogP contribution is -2.41. The maximum absolute atomic E-state index is 13.5. The van der Waals surface area contributed by atoms with Gasteiger partial charge in [-0.2, -0.15) is 13.2 Å². The van der Waals surface area contributed by atoms with Gasteiger partial charge in [-0.1, -0.05) is 12.1 Å². The van der Waals surface area contributed by atoms with Crippen LogP contribution in [-0.2, 0) is 12.7 Å². The highest BCUT2D eigenvalue weighted by Crippen LogP contribution is 2.33. The van der Waals surface area contributed by atoms with Crippen molar-refractivity contribution in [2.75, 3.05) is 13.1 Å². The number of aromatic nitrogens is 3. The smallest absolute Gasteiger partial charge is 0.338 e. The number of halogens is 3. The van der Waals surface area contributed by atoms with E-state index in [0.717, 1.165) is 0 Å². The van der Waals surface area contributed by atoms with E-state index in [4.69, 9.17) is 0 Å². The zero-order valence-corrected chi connectivity index (χ0v) is 15.4. The minimum absolute atomic E-state index is 0.0215. The number of fused-ring (bicyclic) bond motifs is 1. The number of hydrogen-bond donors (Lipinski definition) is 1. The van der Waals surface area contributed by atoms with Crippen LogP contribution in [0.4, 0.5) is 13.2 Å². The van der Waals surface area contributed by atoms with E-state index in [-0.39, 0.29) is 23.9 Å². The highest BCUT2D eigenvalue weighted by molar-refractivity contribution is 5.93. The fourth-order valence-corrected chi connectivity index (χ4v) is 3.81. The van der Waals surface area contributed by atoms with Crippen molar-refractivity contribution in [1.29, 1.82) is 0 Å². The van der Waals surface area contributed by atoms with Crippen LogP contribution in [0.5, 0.6) is 0 Å². The first-order chi connectivity index (χ1) is 13.8. The molecule has 0 atom stereocenters. The lowest BCUT2D eigenvalue weighted by Gasteiger charge is -2.32. The number of hydrogen-bond acceptors (Lipinski definition) is 3. The molecule has 1 aliphatic heterocycles. The molecule has 1 saturated heterocycles. The van der Waals surface area contributed by atoms with Gasteiger partial charge in [-0.25, -0.2) is 4.98 Å². The Hall–Kier alpha value is -3.10. The van der Waals surface area contributed by atoms with Gasteiger partial charge in [-0.15, -0.1) is 0 Å². The van der Waals surface area contributed by atoms with E-state index < -0.39 is 17.6 Å². The van der Waals surface area contributed by atoms with Crippen LogP contribution in [0.15, 0.2) is 47.4 Å².